The van der Waals surface area contributed by atoms with Gasteiger partial charge in [-0.15, -0.1) is 0 Å². The third kappa shape index (κ3) is 4.26. The van der Waals surface area contributed by atoms with Gasteiger partial charge in [-0.25, -0.2) is 5.43 Å². The largest absolute Gasteiger partial charge is 0.506 e. The first kappa shape index (κ1) is 20.5. The van der Waals surface area contributed by atoms with E-state index in [4.69, 9.17) is 0 Å². The predicted molar refractivity (Wildman–Crippen MR) is 120 cm³/mol. The van der Waals surface area contributed by atoms with Crippen molar-refractivity contribution in [3.8, 4) is 5.75 Å². The molecule has 5 nitrogen and oxygen atoms in total. The minimum absolute atomic E-state index is 0.0585. The second-order valence-electron chi connectivity index (χ2n) is 5.97. The zero-order valence-corrected chi connectivity index (χ0v) is 18.3. The van der Waals surface area contributed by atoms with E-state index in [0.29, 0.717) is 20.3 Å². The summed E-state index contributed by atoms with van der Waals surface area (Å²) in [7, 11) is 0. The number of aliphatic hydroxyl groups is 1. The van der Waals surface area contributed by atoms with E-state index < -0.39 is 11.5 Å². The van der Waals surface area contributed by atoms with Crippen molar-refractivity contribution in [2.45, 2.75) is 5.60 Å². The van der Waals surface area contributed by atoms with Gasteiger partial charge in [0.05, 0.1) is 9.78 Å². The number of carbonyl (C=O) groups excluding carboxylic acids is 1. The molecule has 0 aliphatic rings. The molecule has 28 heavy (non-hydrogen) atoms. The highest BCUT2D eigenvalue weighted by atomic mass is 127. The molecule has 0 aliphatic heterocycles. The smallest absolute Gasteiger partial charge is 0.281 e. The summed E-state index contributed by atoms with van der Waals surface area (Å²) >= 11 is 5.36. The zero-order valence-electron chi connectivity index (χ0n) is 14.5. The summed E-state index contributed by atoms with van der Waals surface area (Å²) < 4.78 is 1.41. The number of rotatable bonds is 5. The van der Waals surface area contributed by atoms with Crippen LogP contribution in [0.1, 0.15) is 16.7 Å². The molecule has 3 rings (SSSR count). The standard InChI is InChI=1S/C21H16BrIN2O3/c22-17-11-14(19(26)18(23)12-17)13-24-25-20(27)21(28,15-7-3-1-4-8-15)16-9-5-2-6-10-16/h1-13,26,28H,(H,25,27). The Morgan fingerprint density at radius 1 is 1.04 bits per heavy atom. The lowest BCUT2D eigenvalue weighted by molar-refractivity contribution is -0.136. The van der Waals surface area contributed by atoms with E-state index in [1.807, 2.05) is 34.7 Å². The molecule has 0 atom stereocenters. The lowest BCUT2D eigenvalue weighted by Crippen LogP contribution is -2.43. The summed E-state index contributed by atoms with van der Waals surface area (Å²) in [4.78, 5) is 12.9. The summed E-state index contributed by atoms with van der Waals surface area (Å²) in [6.07, 6.45) is 1.33. The van der Waals surface area contributed by atoms with Gasteiger partial charge in [0, 0.05) is 10.0 Å². The van der Waals surface area contributed by atoms with Crippen molar-refractivity contribution in [3.63, 3.8) is 0 Å². The van der Waals surface area contributed by atoms with Gasteiger partial charge in [-0.2, -0.15) is 5.10 Å². The van der Waals surface area contributed by atoms with E-state index in [1.54, 1.807) is 60.7 Å². The zero-order chi connectivity index (χ0) is 20.1. The number of nitrogens with one attached hydrogen (secondary N) is 1. The minimum atomic E-state index is -1.91. The quantitative estimate of drug-likeness (QED) is 0.254. The van der Waals surface area contributed by atoms with E-state index in [0.717, 1.165) is 4.47 Å². The average Bonchev–Trinajstić information content (AvgIpc) is 2.72. The first-order chi connectivity index (χ1) is 13.4. The van der Waals surface area contributed by atoms with Crippen molar-refractivity contribution in [1.82, 2.24) is 5.43 Å². The first-order valence-corrected chi connectivity index (χ1v) is 10.1. The number of carbonyl (C=O) groups is 1. The van der Waals surface area contributed by atoms with Crippen LogP contribution >= 0.6 is 38.5 Å². The molecule has 142 valence electrons. The van der Waals surface area contributed by atoms with Crippen LogP contribution in [0.15, 0.2) is 82.4 Å². The Kier molecular flexibility index (Phi) is 6.48. The highest BCUT2D eigenvalue weighted by molar-refractivity contribution is 14.1. The molecule has 3 aromatic carbocycles. The Morgan fingerprint density at radius 2 is 1.57 bits per heavy atom. The number of aromatic hydroxyl groups is 1. The molecule has 0 heterocycles. The summed E-state index contributed by atoms with van der Waals surface area (Å²) in [5.74, 6) is -0.645. The summed E-state index contributed by atoms with van der Waals surface area (Å²) in [5.41, 5.74) is 1.76. The van der Waals surface area contributed by atoms with Crippen LogP contribution in [-0.4, -0.2) is 22.3 Å². The van der Waals surface area contributed by atoms with Gasteiger partial charge >= 0.3 is 0 Å². The van der Waals surface area contributed by atoms with Gasteiger partial charge in [0.15, 0.2) is 5.60 Å². The van der Waals surface area contributed by atoms with Gasteiger partial charge in [-0.3, -0.25) is 4.79 Å². The van der Waals surface area contributed by atoms with E-state index in [9.17, 15) is 15.0 Å². The third-order valence-electron chi connectivity index (χ3n) is 4.14. The molecule has 7 heteroatoms. The van der Waals surface area contributed by atoms with Crippen LogP contribution in [-0.2, 0) is 10.4 Å². The topological polar surface area (TPSA) is 81.9 Å². The average molecular weight is 551 g/mol. The van der Waals surface area contributed by atoms with Crippen LogP contribution in [0.2, 0.25) is 0 Å². The summed E-state index contributed by atoms with van der Waals surface area (Å²) in [5, 5.41) is 25.4. The molecular weight excluding hydrogens is 535 g/mol. The number of amides is 1. The minimum Gasteiger partial charge on any atom is -0.506 e. The number of hydrogen-bond acceptors (Lipinski definition) is 4. The van der Waals surface area contributed by atoms with Crippen LogP contribution in [0.5, 0.6) is 5.75 Å². The number of benzene rings is 3. The maximum Gasteiger partial charge on any atom is 0.281 e. The molecule has 3 aromatic rings. The Labute approximate surface area is 184 Å². The molecule has 0 radical (unpaired) electrons. The monoisotopic (exact) mass is 550 g/mol. The fourth-order valence-corrected chi connectivity index (χ4v) is 4.26. The number of hydrogen-bond donors (Lipinski definition) is 3. The fourth-order valence-electron chi connectivity index (χ4n) is 2.71. The summed E-state index contributed by atoms with van der Waals surface area (Å²) in [6, 6.07) is 20.8. The van der Waals surface area contributed by atoms with E-state index >= 15 is 0 Å². The Hall–Kier alpha value is -2.23. The number of phenols is 1. The molecule has 0 aliphatic carbocycles. The highest BCUT2D eigenvalue weighted by Gasteiger charge is 2.39. The van der Waals surface area contributed by atoms with Gasteiger partial charge in [-0.05, 0) is 45.9 Å². The molecule has 0 saturated heterocycles. The third-order valence-corrected chi connectivity index (χ3v) is 5.42. The molecule has 0 unspecified atom stereocenters. The molecule has 0 saturated carbocycles. The normalized spacial score (nSPS) is 11.5. The molecular formula is C21H16BrIN2O3. The van der Waals surface area contributed by atoms with E-state index in [1.165, 1.54) is 6.21 Å². The lowest BCUT2D eigenvalue weighted by atomic mass is 9.85. The fraction of sp³-hybridized carbons (Fsp3) is 0.0476. The van der Waals surface area contributed by atoms with Crippen LogP contribution in [0.25, 0.3) is 0 Å². The molecule has 0 fully saturated rings. The second-order valence-corrected chi connectivity index (χ2v) is 8.04. The van der Waals surface area contributed by atoms with Gasteiger partial charge in [0.2, 0.25) is 0 Å². The van der Waals surface area contributed by atoms with Gasteiger partial charge in [-0.1, -0.05) is 76.6 Å². The van der Waals surface area contributed by atoms with Crippen molar-refractivity contribution in [3.05, 3.63) is 97.5 Å². The second kappa shape index (κ2) is 8.85. The van der Waals surface area contributed by atoms with Crippen molar-refractivity contribution >= 4 is 50.6 Å². The van der Waals surface area contributed by atoms with Crippen LogP contribution < -0.4 is 5.43 Å². The maximum absolute atomic E-state index is 12.9. The van der Waals surface area contributed by atoms with E-state index in [-0.39, 0.29) is 5.75 Å². The molecule has 0 aromatic heterocycles. The molecule has 0 spiro atoms. The number of nitrogens with zero attached hydrogens (tertiary/aromatic N) is 1. The lowest BCUT2D eigenvalue weighted by Gasteiger charge is -2.27. The molecule has 0 bridgehead atoms. The highest BCUT2D eigenvalue weighted by Crippen LogP contribution is 2.30. The van der Waals surface area contributed by atoms with Crippen molar-refractivity contribution < 1.29 is 15.0 Å². The molecule has 1 amide bonds. The van der Waals surface area contributed by atoms with Gasteiger partial charge in [0.1, 0.15) is 5.75 Å². The van der Waals surface area contributed by atoms with Gasteiger partial charge in [0.25, 0.3) is 5.91 Å². The number of phenolic OH excluding ortho intramolecular Hbond substituents is 1. The van der Waals surface area contributed by atoms with Crippen LogP contribution in [0, 0.1) is 3.57 Å². The van der Waals surface area contributed by atoms with Crippen LogP contribution in [0.4, 0.5) is 0 Å². The van der Waals surface area contributed by atoms with Crippen LogP contribution in [0.3, 0.4) is 0 Å². The van der Waals surface area contributed by atoms with Gasteiger partial charge < -0.3 is 10.2 Å². The molecule has 3 N–H and O–H groups in total. The first-order valence-electron chi connectivity index (χ1n) is 8.28. The van der Waals surface area contributed by atoms with E-state index in [2.05, 4.69) is 26.5 Å². The van der Waals surface area contributed by atoms with Crippen molar-refractivity contribution in [1.29, 1.82) is 0 Å². The number of halogens is 2. The number of hydrazone groups is 1. The van der Waals surface area contributed by atoms with Crippen molar-refractivity contribution in [2.75, 3.05) is 0 Å². The Morgan fingerprint density at radius 3 is 2.11 bits per heavy atom. The Bertz CT molecular complexity index is 971. The van der Waals surface area contributed by atoms with Crippen molar-refractivity contribution in [2.24, 2.45) is 5.10 Å². The SMILES string of the molecule is O=C(NN=Cc1cc(Br)cc(I)c1O)C(O)(c1ccccc1)c1ccccc1. The maximum atomic E-state index is 12.9. The Balaban J connectivity index is 1.91. The predicted octanol–water partition coefficient (Wildman–Crippen LogP) is 4.15. The summed E-state index contributed by atoms with van der Waals surface area (Å²) in [6.45, 7) is 0.